The first-order valence-electron chi connectivity index (χ1n) is 7.55. The second kappa shape index (κ2) is 5.76. The van der Waals surface area contributed by atoms with Crippen molar-refractivity contribution >= 4 is 11.7 Å². The highest BCUT2D eigenvalue weighted by Crippen LogP contribution is 2.48. The van der Waals surface area contributed by atoms with Crippen molar-refractivity contribution in [2.75, 3.05) is 6.54 Å². The molecule has 112 valence electrons. The summed E-state index contributed by atoms with van der Waals surface area (Å²) in [6.45, 7) is 0.788. The molecular weight excluding hydrogens is 266 g/mol. The number of oxime groups is 1. The van der Waals surface area contributed by atoms with E-state index >= 15 is 0 Å². The number of rotatable bonds is 6. The first kappa shape index (κ1) is 13.9. The molecule has 1 aromatic carbocycles. The Bertz CT molecular complexity index is 533. The number of carbonyl (C=O) groups excluding carboxylic acids is 1. The second-order valence-electron chi connectivity index (χ2n) is 6.11. The molecule has 2 saturated carbocycles. The monoisotopic (exact) mass is 287 g/mol. The Labute approximate surface area is 124 Å². The third-order valence-corrected chi connectivity index (χ3v) is 4.50. The smallest absolute Gasteiger partial charge is 0.251 e. The van der Waals surface area contributed by atoms with Crippen LogP contribution in [0, 0.1) is 17.8 Å². The van der Waals surface area contributed by atoms with Gasteiger partial charge in [0.25, 0.3) is 5.91 Å². The molecule has 3 rings (SSSR count). The van der Waals surface area contributed by atoms with Gasteiger partial charge in [0, 0.05) is 17.7 Å². The van der Waals surface area contributed by atoms with Crippen molar-refractivity contribution < 1.29 is 10.0 Å². The van der Waals surface area contributed by atoms with Crippen molar-refractivity contribution in [1.29, 1.82) is 0 Å². The van der Waals surface area contributed by atoms with Crippen molar-refractivity contribution in [1.82, 2.24) is 5.32 Å². The Kier molecular flexibility index (Phi) is 3.82. The van der Waals surface area contributed by atoms with Gasteiger partial charge in [-0.25, -0.2) is 0 Å². The molecule has 5 heteroatoms. The minimum Gasteiger partial charge on any atom is -0.409 e. The van der Waals surface area contributed by atoms with Crippen molar-refractivity contribution in [2.24, 2.45) is 28.6 Å². The van der Waals surface area contributed by atoms with Crippen LogP contribution in [0.25, 0.3) is 0 Å². The number of nitrogens with two attached hydrogens (primary N) is 1. The molecule has 0 unspecified atom stereocenters. The van der Waals surface area contributed by atoms with E-state index in [9.17, 15) is 4.79 Å². The quantitative estimate of drug-likeness (QED) is 0.323. The van der Waals surface area contributed by atoms with Crippen LogP contribution >= 0.6 is 0 Å². The summed E-state index contributed by atoms with van der Waals surface area (Å²) in [5, 5.41) is 14.6. The van der Waals surface area contributed by atoms with Crippen LogP contribution in [-0.2, 0) is 0 Å². The van der Waals surface area contributed by atoms with Crippen LogP contribution in [0.2, 0.25) is 0 Å². The van der Waals surface area contributed by atoms with Crippen LogP contribution in [0.4, 0.5) is 0 Å². The maximum atomic E-state index is 12.2. The van der Waals surface area contributed by atoms with E-state index in [-0.39, 0.29) is 11.7 Å². The van der Waals surface area contributed by atoms with Crippen molar-refractivity contribution in [3.8, 4) is 0 Å². The van der Waals surface area contributed by atoms with Gasteiger partial charge in [0.15, 0.2) is 5.84 Å². The highest BCUT2D eigenvalue weighted by atomic mass is 16.4. The van der Waals surface area contributed by atoms with Crippen LogP contribution in [0.15, 0.2) is 29.4 Å². The van der Waals surface area contributed by atoms with E-state index in [2.05, 4.69) is 10.5 Å². The topological polar surface area (TPSA) is 87.7 Å². The van der Waals surface area contributed by atoms with E-state index < -0.39 is 0 Å². The zero-order valence-corrected chi connectivity index (χ0v) is 12.0. The molecular formula is C16H21N3O2. The summed E-state index contributed by atoms with van der Waals surface area (Å²) in [5.74, 6) is 2.34. The van der Waals surface area contributed by atoms with Gasteiger partial charge in [-0.05, 0) is 55.6 Å². The summed E-state index contributed by atoms with van der Waals surface area (Å²) < 4.78 is 0. The standard InChI is InChI=1S/C16H21N3O2/c17-15(19-21)12-5-7-13(8-6-12)16(20)18-9-14(10-1-2-10)11-3-4-11/h5-8,10-11,14,21H,1-4,9H2,(H2,17,19)(H,18,20). The predicted molar refractivity (Wildman–Crippen MR) is 80.2 cm³/mol. The zero-order chi connectivity index (χ0) is 14.8. The molecule has 2 aliphatic rings. The van der Waals surface area contributed by atoms with Gasteiger partial charge in [-0.3, -0.25) is 4.79 Å². The van der Waals surface area contributed by atoms with Gasteiger partial charge in [0.05, 0.1) is 0 Å². The molecule has 5 nitrogen and oxygen atoms in total. The summed E-state index contributed by atoms with van der Waals surface area (Å²) in [4.78, 5) is 12.2. The number of hydrogen-bond donors (Lipinski definition) is 3. The Balaban J connectivity index is 1.57. The van der Waals surface area contributed by atoms with Gasteiger partial charge in [0.2, 0.25) is 0 Å². The minimum absolute atomic E-state index is 0.0458. The Morgan fingerprint density at radius 3 is 2.19 bits per heavy atom. The normalized spacial score (nSPS) is 18.8. The maximum absolute atomic E-state index is 12.2. The molecule has 0 aromatic heterocycles. The Morgan fingerprint density at radius 1 is 1.19 bits per heavy atom. The maximum Gasteiger partial charge on any atom is 0.251 e. The lowest BCUT2D eigenvalue weighted by atomic mass is 9.98. The summed E-state index contributed by atoms with van der Waals surface area (Å²) in [6, 6.07) is 6.77. The third-order valence-electron chi connectivity index (χ3n) is 4.50. The summed E-state index contributed by atoms with van der Waals surface area (Å²) in [5.41, 5.74) is 6.70. The van der Waals surface area contributed by atoms with Crippen LogP contribution < -0.4 is 11.1 Å². The van der Waals surface area contributed by atoms with Crippen molar-refractivity contribution in [3.05, 3.63) is 35.4 Å². The van der Waals surface area contributed by atoms with Gasteiger partial charge in [-0.2, -0.15) is 0 Å². The van der Waals surface area contributed by atoms with Crippen LogP contribution in [0.3, 0.4) is 0 Å². The van der Waals surface area contributed by atoms with E-state index in [0.29, 0.717) is 17.0 Å². The lowest BCUT2D eigenvalue weighted by Crippen LogP contribution is -2.31. The average molecular weight is 287 g/mol. The zero-order valence-electron chi connectivity index (χ0n) is 12.0. The molecule has 2 aliphatic carbocycles. The molecule has 21 heavy (non-hydrogen) atoms. The molecule has 0 saturated heterocycles. The van der Waals surface area contributed by atoms with Gasteiger partial charge in [-0.1, -0.05) is 17.3 Å². The fraction of sp³-hybridized carbons (Fsp3) is 0.500. The lowest BCUT2D eigenvalue weighted by molar-refractivity contribution is 0.0943. The number of amidine groups is 1. The summed E-state index contributed by atoms with van der Waals surface area (Å²) >= 11 is 0. The molecule has 0 heterocycles. The number of hydrogen-bond acceptors (Lipinski definition) is 3. The van der Waals surface area contributed by atoms with Crippen LogP contribution in [0.5, 0.6) is 0 Å². The molecule has 1 amide bonds. The van der Waals surface area contributed by atoms with Gasteiger partial charge in [-0.15, -0.1) is 0 Å². The first-order valence-corrected chi connectivity index (χ1v) is 7.55. The fourth-order valence-corrected chi connectivity index (χ4v) is 2.93. The van der Waals surface area contributed by atoms with E-state index in [0.717, 1.165) is 18.4 Å². The largest absolute Gasteiger partial charge is 0.409 e. The van der Waals surface area contributed by atoms with E-state index in [1.54, 1.807) is 24.3 Å². The average Bonchev–Trinajstić information content (AvgIpc) is 3.39. The van der Waals surface area contributed by atoms with Crippen molar-refractivity contribution in [3.63, 3.8) is 0 Å². The Hall–Kier alpha value is -2.04. The summed E-state index contributed by atoms with van der Waals surface area (Å²) in [6.07, 6.45) is 5.30. The van der Waals surface area contributed by atoms with Gasteiger partial charge in [0.1, 0.15) is 0 Å². The molecule has 0 radical (unpaired) electrons. The van der Waals surface area contributed by atoms with Crippen LogP contribution in [-0.4, -0.2) is 23.5 Å². The molecule has 0 aliphatic heterocycles. The Morgan fingerprint density at radius 2 is 1.71 bits per heavy atom. The van der Waals surface area contributed by atoms with Crippen LogP contribution in [0.1, 0.15) is 41.6 Å². The summed E-state index contributed by atoms with van der Waals surface area (Å²) in [7, 11) is 0. The molecule has 2 fully saturated rings. The molecule has 0 atom stereocenters. The fourth-order valence-electron chi connectivity index (χ4n) is 2.93. The number of nitrogens with one attached hydrogen (secondary N) is 1. The van der Waals surface area contributed by atoms with E-state index in [1.165, 1.54) is 25.7 Å². The number of nitrogens with zero attached hydrogens (tertiary/aromatic N) is 1. The molecule has 1 aromatic rings. The molecule has 4 N–H and O–H groups in total. The minimum atomic E-state index is -0.0487. The second-order valence-corrected chi connectivity index (χ2v) is 6.11. The first-order chi connectivity index (χ1) is 10.2. The molecule has 0 bridgehead atoms. The van der Waals surface area contributed by atoms with Gasteiger partial charge >= 0.3 is 0 Å². The molecule has 0 spiro atoms. The number of benzene rings is 1. The highest BCUT2D eigenvalue weighted by Gasteiger charge is 2.41. The predicted octanol–water partition coefficient (Wildman–Crippen LogP) is 1.95. The van der Waals surface area contributed by atoms with E-state index in [4.69, 9.17) is 10.9 Å². The number of carbonyl (C=O) groups is 1. The SMILES string of the molecule is NC(=NO)c1ccc(C(=O)NCC(C2CC2)C2CC2)cc1. The number of amides is 1. The highest BCUT2D eigenvalue weighted by molar-refractivity contribution is 5.99. The van der Waals surface area contributed by atoms with Crippen molar-refractivity contribution in [2.45, 2.75) is 25.7 Å². The third kappa shape index (κ3) is 3.35. The van der Waals surface area contributed by atoms with Gasteiger partial charge < -0.3 is 16.3 Å². The lowest BCUT2D eigenvalue weighted by Gasteiger charge is -2.16. The van der Waals surface area contributed by atoms with E-state index in [1.807, 2.05) is 0 Å².